The summed E-state index contributed by atoms with van der Waals surface area (Å²) in [6.45, 7) is 2.61. The zero-order chi connectivity index (χ0) is 24.3. The summed E-state index contributed by atoms with van der Waals surface area (Å²) in [5, 5.41) is 3.74. The number of aromatic nitrogens is 2. The number of nitrogens with two attached hydrogens (primary N) is 1. The third-order valence-electron chi connectivity index (χ3n) is 6.58. The molecule has 1 aromatic carbocycles. The molecule has 180 valence electrons. The molecule has 0 atom stereocenters. The molecule has 3 aromatic rings. The quantitative estimate of drug-likeness (QED) is 0.551. The minimum Gasteiger partial charge on any atom is -0.366 e. The van der Waals surface area contributed by atoms with E-state index in [0.29, 0.717) is 38.2 Å². The first kappa shape index (κ1) is 23.0. The van der Waals surface area contributed by atoms with Crippen molar-refractivity contribution in [1.29, 1.82) is 0 Å². The van der Waals surface area contributed by atoms with E-state index in [0.717, 1.165) is 23.0 Å². The lowest BCUT2D eigenvalue weighted by molar-refractivity contribution is -0.182. The number of primary amides is 1. The van der Waals surface area contributed by atoms with Gasteiger partial charge in [-0.25, -0.2) is 9.07 Å². The fourth-order valence-corrected chi connectivity index (χ4v) is 5.88. The van der Waals surface area contributed by atoms with Gasteiger partial charge >= 0.3 is 0 Å². The smallest absolute Gasteiger partial charge is 0.297 e. The third-order valence-corrected chi connectivity index (χ3v) is 7.69. The average molecular weight is 495 g/mol. The molecule has 4 heterocycles. The monoisotopic (exact) mass is 494 g/mol. The number of likely N-dealkylation sites (tertiary alicyclic amines) is 1. The molecule has 0 bridgehead atoms. The summed E-state index contributed by atoms with van der Waals surface area (Å²) in [6, 6.07) is 5.01. The average Bonchev–Trinajstić information content (AvgIpc) is 3.36. The standard InChI is InChI=1S/C23H22F4N4O2S/c1-13-14(11-31(29-13)19-15(21(28)32)3-2-4-17(19)24)10-30-7-5-22(6-8-30)20-16(9-18(25)34-20)23(26,27)12-33-22/h2-4,9,11H,5-8,10,12H2,1H3,(H2,28,32). The van der Waals surface area contributed by atoms with Crippen LogP contribution in [0.1, 0.15) is 44.9 Å². The zero-order valence-electron chi connectivity index (χ0n) is 18.3. The molecule has 0 saturated carbocycles. The van der Waals surface area contributed by atoms with E-state index < -0.39 is 35.0 Å². The van der Waals surface area contributed by atoms with E-state index in [1.165, 1.54) is 22.9 Å². The second kappa shape index (κ2) is 8.17. The number of thiophene rings is 1. The number of amides is 1. The SMILES string of the molecule is Cc1nn(-c2c(F)cccc2C(N)=O)cc1CN1CCC2(CC1)OCC(F)(F)c1cc(F)sc12. The molecule has 1 fully saturated rings. The second-order valence-electron chi connectivity index (χ2n) is 8.74. The molecule has 11 heteroatoms. The van der Waals surface area contributed by atoms with Crippen molar-refractivity contribution in [2.45, 2.75) is 37.8 Å². The number of hydrogen-bond acceptors (Lipinski definition) is 5. The third kappa shape index (κ3) is 3.81. The summed E-state index contributed by atoms with van der Waals surface area (Å²) >= 11 is 0.735. The first-order valence-electron chi connectivity index (χ1n) is 10.8. The number of aryl methyl sites for hydroxylation is 1. The maximum atomic E-state index is 14.5. The summed E-state index contributed by atoms with van der Waals surface area (Å²) in [5.74, 6) is -4.57. The highest BCUT2D eigenvalue weighted by molar-refractivity contribution is 7.10. The molecule has 2 N–H and O–H groups in total. The Morgan fingerprint density at radius 2 is 2.00 bits per heavy atom. The van der Waals surface area contributed by atoms with Crippen LogP contribution in [0.15, 0.2) is 30.5 Å². The summed E-state index contributed by atoms with van der Waals surface area (Å²) in [6.07, 6.45) is 2.56. The van der Waals surface area contributed by atoms with Crippen molar-refractivity contribution >= 4 is 17.2 Å². The Kier molecular flexibility index (Phi) is 5.53. The Labute approximate surface area is 196 Å². The van der Waals surface area contributed by atoms with Gasteiger partial charge in [0.25, 0.3) is 11.8 Å². The number of benzene rings is 1. The molecular formula is C23H22F4N4O2S. The number of rotatable bonds is 4. The molecule has 1 saturated heterocycles. The highest BCUT2D eigenvalue weighted by Gasteiger charge is 2.51. The van der Waals surface area contributed by atoms with E-state index in [-0.39, 0.29) is 21.7 Å². The van der Waals surface area contributed by atoms with E-state index in [9.17, 15) is 22.4 Å². The topological polar surface area (TPSA) is 73.4 Å². The number of para-hydroxylation sites is 1. The lowest BCUT2D eigenvalue weighted by atomic mass is 9.84. The van der Waals surface area contributed by atoms with Crippen LogP contribution in [0.4, 0.5) is 17.6 Å². The van der Waals surface area contributed by atoms with Gasteiger partial charge in [-0.15, -0.1) is 11.3 Å². The molecule has 2 aromatic heterocycles. The number of nitrogens with zero attached hydrogens (tertiary/aromatic N) is 3. The van der Waals surface area contributed by atoms with E-state index in [4.69, 9.17) is 10.5 Å². The van der Waals surface area contributed by atoms with Gasteiger partial charge in [-0.2, -0.15) is 18.3 Å². The van der Waals surface area contributed by atoms with E-state index in [1.807, 2.05) is 0 Å². The fourth-order valence-electron chi connectivity index (χ4n) is 4.74. The number of carbonyl (C=O) groups is 1. The highest BCUT2D eigenvalue weighted by Crippen LogP contribution is 2.51. The van der Waals surface area contributed by atoms with Crippen molar-refractivity contribution in [3.8, 4) is 5.69 Å². The van der Waals surface area contributed by atoms with Crippen molar-refractivity contribution in [2.24, 2.45) is 5.73 Å². The number of carbonyl (C=O) groups excluding carboxylic acids is 1. The second-order valence-corrected chi connectivity index (χ2v) is 9.74. The van der Waals surface area contributed by atoms with Crippen LogP contribution < -0.4 is 5.73 Å². The Balaban J connectivity index is 1.34. The van der Waals surface area contributed by atoms with Crippen LogP contribution >= 0.6 is 11.3 Å². The van der Waals surface area contributed by atoms with E-state index >= 15 is 0 Å². The minimum atomic E-state index is -3.19. The lowest BCUT2D eigenvalue weighted by Crippen LogP contribution is -2.48. The highest BCUT2D eigenvalue weighted by atomic mass is 32.1. The fraction of sp³-hybridized carbons (Fsp3) is 0.391. The van der Waals surface area contributed by atoms with E-state index in [2.05, 4.69) is 10.00 Å². The van der Waals surface area contributed by atoms with Gasteiger partial charge in [-0.05, 0) is 38.0 Å². The van der Waals surface area contributed by atoms with Crippen molar-refractivity contribution < 1.29 is 27.1 Å². The van der Waals surface area contributed by atoms with Gasteiger partial charge in [0.1, 0.15) is 23.7 Å². The van der Waals surface area contributed by atoms with Gasteiger partial charge < -0.3 is 10.5 Å². The van der Waals surface area contributed by atoms with Crippen LogP contribution in [-0.2, 0) is 22.8 Å². The van der Waals surface area contributed by atoms with Crippen molar-refractivity contribution in [1.82, 2.24) is 14.7 Å². The summed E-state index contributed by atoms with van der Waals surface area (Å²) in [7, 11) is 0. The normalized spacial score (nSPS) is 19.3. The largest absolute Gasteiger partial charge is 0.366 e. The molecule has 34 heavy (non-hydrogen) atoms. The molecular weight excluding hydrogens is 472 g/mol. The van der Waals surface area contributed by atoms with Gasteiger partial charge in [-0.1, -0.05) is 6.07 Å². The Bertz CT molecular complexity index is 1260. The zero-order valence-corrected chi connectivity index (χ0v) is 19.1. The molecule has 6 nitrogen and oxygen atoms in total. The molecule has 0 radical (unpaired) electrons. The molecule has 5 rings (SSSR count). The maximum Gasteiger partial charge on any atom is 0.297 e. The summed E-state index contributed by atoms with van der Waals surface area (Å²) < 4.78 is 63.9. The van der Waals surface area contributed by atoms with Crippen molar-refractivity contribution in [2.75, 3.05) is 19.7 Å². The van der Waals surface area contributed by atoms with Gasteiger partial charge in [0.2, 0.25) is 0 Å². The van der Waals surface area contributed by atoms with Crippen molar-refractivity contribution in [3.63, 3.8) is 0 Å². The first-order valence-corrected chi connectivity index (χ1v) is 11.6. The van der Waals surface area contributed by atoms with Crippen LogP contribution in [0, 0.1) is 17.9 Å². The number of fused-ring (bicyclic) bond motifs is 2. The number of ether oxygens (including phenoxy) is 1. The predicted octanol–water partition coefficient (Wildman–Crippen LogP) is 4.23. The number of halogens is 4. The van der Waals surface area contributed by atoms with Crippen LogP contribution in [0.25, 0.3) is 5.69 Å². The van der Waals surface area contributed by atoms with Crippen molar-refractivity contribution in [3.05, 3.63) is 68.7 Å². The molecule has 2 aliphatic heterocycles. The van der Waals surface area contributed by atoms with Gasteiger partial charge in [0.05, 0.1) is 11.3 Å². The summed E-state index contributed by atoms with van der Waals surface area (Å²) in [5.41, 5.74) is 5.73. The van der Waals surface area contributed by atoms with Gasteiger partial charge in [0.15, 0.2) is 5.13 Å². The maximum absolute atomic E-state index is 14.5. The van der Waals surface area contributed by atoms with Crippen LogP contribution in [0.5, 0.6) is 0 Å². The Hall–Kier alpha value is -2.76. The number of alkyl halides is 2. The Morgan fingerprint density at radius 3 is 2.71 bits per heavy atom. The molecule has 1 amide bonds. The molecule has 0 unspecified atom stereocenters. The van der Waals surface area contributed by atoms with Crippen LogP contribution in [-0.4, -0.2) is 40.3 Å². The van der Waals surface area contributed by atoms with E-state index in [1.54, 1.807) is 13.1 Å². The predicted molar refractivity (Wildman–Crippen MR) is 117 cm³/mol. The molecule has 2 aliphatic rings. The summed E-state index contributed by atoms with van der Waals surface area (Å²) in [4.78, 5) is 14.2. The minimum absolute atomic E-state index is 0.00858. The molecule has 1 spiro atoms. The lowest BCUT2D eigenvalue weighted by Gasteiger charge is -2.45. The van der Waals surface area contributed by atoms with Crippen LogP contribution in [0.3, 0.4) is 0 Å². The number of hydrogen-bond donors (Lipinski definition) is 1. The van der Waals surface area contributed by atoms with Crippen LogP contribution in [0.2, 0.25) is 0 Å². The van der Waals surface area contributed by atoms with Gasteiger partial charge in [0, 0.05) is 41.8 Å². The van der Waals surface area contributed by atoms with Gasteiger partial charge in [-0.3, -0.25) is 9.69 Å². The molecule has 0 aliphatic carbocycles. The number of piperidine rings is 1. The first-order chi connectivity index (χ1) is 16.1. The Morgan fingerprint density at radius 1 is 1.26 bits per heavy atom.